The van der Waals surface area contributed by atoms with Crippen molar-refractivity contribution in [2.24, 2.45) is 7.05 Å². The lowest BCUT2D eigenvalue weighted by Crippen LogP contribution is -2.21. The van der Waals surface area contributed by atoms with Crippen molar-refractivity contribution in [3.8, 4) is 0 Å². The van der Waals surface area contributed by atoms with Crippen molar-refractivity contribution < 1.29 is 0 Å². The molecular formula is C15H20ClN3. The third kappa shape index (κ3) is 2.76. The van der Waals surface area contributed by atoms with Gasteiger partial charge in [0, 0.05) is 26.2 Å². The highest BCUT2D eigenvalue weighted by atomic mass is 35.5. The van der Waals surface area contributed by atoms with Crippen molar-refractivity contribution >= 4 is 17.4 Å². The Balaban J connectivity index is 2.30. The highest BCUT2D eigenvalue weighted by Gasteiger charge is 2.16. The molecule has 1 aromatic heterocycles. The molecule has 0 spiro atoms. The Morgan fingerprint density at radius 1 is 1.26 bits per heavy atom. The normalized spacial score (nSPS) is 10.8. The van der Waals surface area contributed by atoms with Gasteiger partial charge in [0.15, 0.2) is 0 Å². The number of aromatic nitrogens is 2. The molecule has 0 saturated heterocycles. The Kier molecular flexibility index (Phi) is 4.15. The summed E-state index contributed by atoms with van der Waals surface area (Å²) in [4.78, 5) is 2.21. The third-order valence-electron chi connectivity index (χ3n) is 3.48. The van der Waals surface area contributed by atoms with Crippen molar-refractivity contribution in [1.82, 2.24) is 9.78 Å². The van der Waals surface area contributed by atoms with Gasteiger partial charge >= 0.3 is 0 Å². The third-order valence-corrected chi connectivity index (χ3v) is 3.74. The first-order valence-electron chi connectivity index (χ1n) is 6.38. The monoisotopic (exact) mass is 277 g/mol. The van der Waals surface area contributed by atoms with Crippen molar-refractivity contribution in [2.75, 3.05) is 11.9 Å². The Bertz CT molecular complexity index is 575. The fourth-order valence-corrected chi connectivity index (χ4v) is 2.75. The van der Waals surface area contributed by atoms with Crippen LogP contribution in [0.3, 0.4) is 0 Å². The van der Waals surface area contributed by atoms with E-state index < -0.39 is 0 Å². The SMILES string of the molecule is Cc1ccccc1CN(C)c1c(CCl)c(C)nn1C. The molecule has 2 aromatic rings. The summed E-state index contributed by atoms with van der Waals surface area (Å²) in [6.45, 7) is 5.00. The maximum atomic E-state index is 6.05. The standard InChI is InChI=1S/C15H20ClN3/c1-11-7-5-6-8-13(11)10-18(3)15-14(9-16)12(2)17-19(15)4/h5-8H,9-10H2,1-4H3. The Morgan fingerprint density at radius 3 is 2.58 bits per heavy atom. The molecule has 4 heteroatoms. The number of hydrogen-bond donors (Lipinski definition) is 0. The van der Waals surface area contributed by atoms with Gasteiger partial charge in [0.05, 0.1) is 11.6 Å². The van der Waals surface area contributed by atoms with E-state index in [0.29, 0.717) is 5.88 Å². The molecule has 0 aliphatic carbocycles. The molecule has 0 N–H and O–H groups in total. The maximum Gasteiger partial charge on any atom is 0.131 e. The molecule has 2 rings (SSSR count). The first-order valence-corrected chi connectivity index (χ1v) is 6.92. The summed E-state index contributed by atoms with van der Waals surface area (Å²) in [6.07, 6.45) is 0. The number of aryl methyl sites for hydroxylation is 3. The van der Waals surface area contributed by atoms with E-state index in [0.717, 1.165) is 23.6 Å². The average molecular weight is 278 g/mol. The first-order chi connectivity index (χ1) is 9.04. The topological polar surface area (TPSA) is 21.1 Å². The largest absolute Gasteiger partial charge is 0.355 e. The molecule has 3 nitrogen and oxygen atoms in total. The highest BCUT2D eigenvalue weighted by Crippen LogP contribution is 2.25. The Hall–Kier alpha value is -1.48. The summed E-state index contributed by atoms with van der Waals surface area (Å²) >= 11 is 6.05. The highest BCUT2D eigenvalue weighted by molar-refractivity contribution is 6.17. The van der Waals surface area contributed by atoms with Gasteiger partial charge in [-0.2, -0.15) is 5.10 Å². The van der Waals surface area contributed by atoms with Crippen LogP contribution in [0.25, 0.3) is 0 Å². The number of halogens is 1. The zero-order valence-corrected chi connectivity index (χ0v) is 12.7. The molecule has 102 valence electrons. The number of benzene rings is 1. The smallest absolute Gasteiger partial charge is 0.131 e. The van der Waals surface area contributed by atoms with Crippen molar-refractivity contribution in [2.45, 2.75) is 26.3 Å². The van der Waals surface area contributed by atoms with Crippen molar-refractivity contribution in [3.63, 3.8) is 0 Å². The Labute approximate surface area is 119 Å². The molecule has 0 saturated carbocycles. The van der Waals surface area contributed by atoms with Crippen LogP contribution in [-0.2, 0) is 19.5 Å². The fourth-order valence-electron chi connectivity index (χ4n) is 2.44. The molecular weight excluding hydrogens is 258 g/mol. The van der Waals surface area contributed by atoms with Crippen molar-refractivity contribution in [1.29, 1.82) is 0 Å². The van der Waals surface area contributed by atoms with Gasteiger partial charge in [0.2, 0.25) is 0 Å². The fraction of sp³-hybridized carbons (Fsp3) is 0.400. The number of alkyl halides is 1. The molecule has 0 aliphatic rings. The number of rotatable bonds is 4. The maximum absolute atomic E-state index is 6.05. The van der Waals surface area contributed by atoms with E-state index >= 15 is 0 Å². The van der Waals surface area contributed by atoms with E-state index in [1.54, 1.807) is 0 Å². The minimum Gasteiger partial charge on any atom is -0.355 e. The second kappa shape index (κ2) is 5.66. The van der Waals surface area contributed by atoms with Gasteiger partial charge in [0.1, 0.15) is 5.82 Å². The van der Waals surface area contributed by atoms with E-state index in [-0.39, 0.29) is 0 Å². The molecule has 1 aromatic carbocycles. The lowest BCUT2D eigenvalue weighted by atomic mass is 10.1. The zero-order chi connectivity index (χ0) is 14.0. The molecule has 1 heterocycles. The van der Waals surface area contributed by atoms with Gasteiger partial charge in [-0.05, 0) is 25.0 Å². The summed E-state index contributed by atoms with van der Waals surface area (Å²) in [6, 6.07) is 8.44. The second-order valence-corrected chi connectivity index (χ2v) is 5.19. The predicted molar refractivity (Wildman–Crippen MR) is 80.8 cm³/mol. The number of hydrogen-bond acceptors (Lipinski definition) is 2. The molecule has 0 atom stereocenters. The van der Waals surface area contributed by atoms with Crippen LogP contribution in [0.5, 0.6) is 0 Å². The van der Waals surface area contributed by atoms with Gasteiger partial charge in [-0.15, -0.1) is 11.6 Å². The van der Waals surface area contributed by atoms with Crippen LogP contribution in [0.4, 0.5) is 5.82 Å². The summed E-state index contributed by atoms with van der Waals surface area (Å²) in [5.41, 5.74) is 4.74. The van der Waals surface area contributed by atoms with Crippen LogP contribution >= 0.6 is 11.6 Å². The van der Waals surface area contributed by atoms with Crippen LogP contribution in [0, 0.1) is 13.8 Å². The van der Waals surface area contributed by atoms with E-state index in [9.17, 15) is 0 Å². The van der Waals surface area contributed by atoms with Crippen LogP contribution in [0.1, 0.15) is 22.4 Å². The average Bonchev–Trinajstić information content (AvgIpc) is 2.66. The number of anilines is 1. The number of nitrogens with zero attached hydrogens (tertiary/aromatic N) is 3. The summed E-state index contributed by atoms with van der Waals surface area (Å²) in [7, 11) is 4.05. The summed E-state index contributed by atoms with van der Waals surface area (Å²) < 4.78 is 1.91. The molecule has 0 radical (unpaired) electrons. The summed E-state index contributed by atoms with van der Waals surface area (Å²) in [5.74, 6) is 1.59. The quantitative estimate of drug-likeness (QED) is 0.799. The minimum atomic E-state index is 0.493. The molecule has 0 unspecified atom stereocenters. The molecule has 0 fully saturated rings. The van der Waals surface area contributed by atoms with E-state index in [1.165, 1.54) is 11.1 Å². The van der Waals surface area contributed by atoms with Crippen LogP contribution in [-0.4, -0.2) is 16.8 Å². The van der Waals surface area contributed by atoms with Crippen molar-refractivity contribution in [3.05, 3.63) is 46.6 Å². The van der Waals surface area contributed by atoms with E-state index in [1.807, 2.05) is 18.7 Å². The molecule has 0 bridgehead atoms. The van der Waals surface area contributed by atoms with Crippen LogP contribution in [0.15, 0.2) is 24.3 Å². The molecule has 19 heavy (non-hydrogen) atoms. The van der Waals surface area contributed by atoms with Gasteiger partial charge in [-0.3, -0.25) is 4.68 Å². The lowest BCUT2D eigenvalue weighted by molar-refractivity contribution is 0.725. The molecule has 0 aliphatic heterocycles. The van der Waals surface area contributed by atoms with Gasteiger partial charge in [-0.1, -0.05) is 24.3 Å². The van der Waals surface area contributed by atoms with E-state index in [4.69, 9.17) is 11.6 Å². The van der Waals surface area contributed by atoms with Gasteiger partial charge in [0.25, 0.3) is 0 Å². The Morgan fingerprint density at radius 2 is 1.95 bits per heavy atom. The van der Waals surface area contributed by atoms with Crippen LogP contribution < -0.4 is 4.90 Å². The first kappa shape index (κ1) is 13.9. The van der Waals surface area contributed by atoms with Gasteiger partial charge in [-0.25, -0.2) is 0 Å². The minimum absolute atomic E-state index is 0.493. The second-order valence-electron chi connectivity index (χ2n) is 4.93. The van der Waals surface area contributed by atoms with Gasteiger partial charge < -0.3 is 4.90 Å². The zero-order valence-electron chi connectivity index (χ0n) is 11.9. The predicted octanol–water partition coefficient (Wildman–Crippen LogP) is 3.41. The lowest BCUT2D eigenvalue weighted by Gasteiger charge is -2.21. The molecule has 0 amide bonds. The van der Waals surface area contributed by atoms with E-state index in [2.05, 4.69) is 48.2 Å². The van der Waals surface area contributed by atoms with Crippen LogP contribution in [0.2, 0.25) is 0 Å². The summed E-state index contributed by atoms with van der Waals surface area (Å²) in [5, 5.41) is 4.46.